The number of ether oxygens (including phenoxy) is 1. The van der Waals surface area contributed by atoms with E-state index in [1.54, 1.807) is 4.90 Å². The van der Waals surface area contributed by atoms with Crippen LogP contribution in [0.2, 0.25) is 0 Å². The van der Waals surface area contributed by atoms with Crippen molar-refractivity contribution in [1.29, 1.82) is 0 Å². The summed E-state index contributed by atoms with van der Waals surface area (Å²) in [7, 11) is 0. The number of aryl methyl sites for hydroxylation is 1. The zero-order valence-electron chi connectivity index (χ0n) is 13.7. The summed E-state index contributed by atoms with van der Waals surface area (Å²) in [5.41, 5.74) is 1.21. The third-order valence-electron chi connectivity index (χ3n) is 3.58. The lowest BCUT2D eigenvalue weighted by atomic mass is 10.1. The molecular formula is C17H24N2O3. The normalized spacial score (nSPS) is 18.2. The van der Waals surface area contributed by atoms with Gasteiger partial charge >= 0.3 is 12.0 Å². The molecule has 2 rings (SSSR count). The first kappa shape index (κ1) is 16.3. The van der Waals surface area contributed by atoms with Crippen LogP contribution in [0.15, 0.2) is 24.3 Å². The van der Waals surface area contributed by atoms with Gasteiger partial charge in [-0.15, -0.1) is 0 Å². The van der Waals surface area contributed by atoms with E-state index in [0.29, 0.717) is 13.0 Å². The molecule has 1 unspecified atom stereocenters. The summed E-state index contributed by atoms with van der Waals surface area (Å²) in [6, 6.07) is 6.84. The minimum atomic E-state index is -0.544. The molecule has 1 N–H and O–H groups in total. The summed E-state index contributed by atoms with van der Waals surface area (Å²) in [5.74, 6) is -0.329. The molecule has 0 spiro atoms. The maximum Gasteiger partial charge on any atom is 0.329 e. The zero-order valence-corrected chi connectivity index (χ0v) is 13.7. The van der Waals surface area contributed by atoms with Crippen molar-refractivity contribution in [3.05, 3.63) is 29.8 Å². The van der Waals surface area contributed by atoms with Gasteiger partial charge in [-0.1, -0.05) is 18.2 Å². The first-order chi connectivity index (χ1) is 10.3. The van der Waals surface area contributed by atoms with Gasteiger partial charge in [-0.05, 0) is 52.2 Å². The summed E-state index contributed by atoms with van der Waals surface area (Å²) < 4.78 is 5.42. The number of urea groups is 1. The Morgan fingerprint density at radius 1 is 1.27 bits per heavy atom. The number of benzene rings is 1. The molecule has 1 fully saturated rings. The highest BCUT2D eigenvalue weighted by Gasteiger charge is 2.37. The highest BCUT2D eigenvalue weighted by Crippen LogP contribution is 2.23. The third kappa shape index (κ3) is 4.00. The van der Waals surface area contributed by atoms with Crippen LogP contribution in [0.5, 0.6) is 0 Å². The molecule has 1 aliphatic rings. The Kier molecular flexibility index (Phi) is 4.74. The predicted octanol–water partition coefficient (Wildman–Crippen LogP) is 3.33. The fourth-order valence-corrected chi connectivity index (χ4v) is 2.52. The summed E-state index contributed by atoms with van der Waals surface area (Å²) in [4.78, 5) is 26.3. The SMILES string of the molecule is Cc1ccccc1NC(=O)N1CCCC1C(=O)OC(C)(C)C. The number of nitrogens with zero attached hydrogens (tertiary/aromatic N) is 1. The van der Waals surface area contributed by atoms with Crippen molar-refractivity contribution in [1.82, 2.24) is 4.90 Å². The number of likely N-dealkylation sites (tertiary alicyclic amines) is 1. The lowest BCUT2D eigenvalue weighted by Gasteiger charge is -2.27. The molecular weight excluding hydrogens is 280 g/mol. The second-order valence-electron chi connectivity index (χ2n) is 6.63. The van der Waals surface area contributed by atoms with E-state index in [4.69, 9.17) is 4.74 Å². The Morgan fingerprint density at radius 3 is 2.59 bits per heavy atom. The predicted molar refractivity (Wildman–Crippen MR) is 85.8 cm³/mol. The van der Waals surface area contributed by atoms with E-state index in [9.17, 15) is 9.59 Å². The van der Waals surface area contributed by atoms with Gasteiger partial charge in [-0.3, -0.25) is 0 Å². The van der Waals surface area contributed by atoms with Crippen molar-refractivity contribution < 1.29 is 14.3 Å². The van der Waals surface area contributed by atoms with Crippen molar-refractivity contribution in [2.75, 3.05) is 11.9 Å². The number of anilines is 1. The molecule has 1 aromatic carbocycles. The van der Waals surface area contributed by atoms with E-state index in [-0.39, 0.29) is 12.0 Å². The average molecular weight is 304 g/mol. The summed E-state index contributed by atoms with van der Waals surface area (Å²) >= 11 is 0. The molecule has 1 aliphatic heterocycles. The molecule has 1 aromatic rings. The Hall–Kier alpha value is -2.04. The maximum absolute atomic E-state index is 12.5. The second-order valence-corrected chi connectivity index (χ2v) is 6.63. The number of para-hydroxylation sites is 1. The van der Waals surface area contributed by atoms with Crippen LogP contribution in [-0.2, 0) is 9.53 Å². The van der Waals surface area contributed by atoms with Crippen LogP contribution in [0.1, 0.15) is 39.2 Å². The van der Waals surface area contributed by atoms with Crippen LogP contribution in [0, 0.1) is 6.92 Å². The number of nitrogens with one attached hydrogen (secondary N) is 1. The minimum Gasteiger partial charge on any atom is -0.458 e. The number of carbonyl (C=O) groups is 2. The topological polar surface area (TPSA) is 58.6 Å². The Balaban J connectivity index is 2.05. The fourth-order valence-electron chi connectivity index (χ4n) is 2.52. The largest absolute Gasteiger partial charge is 0.458 e. The van der Waals surface area contributed by atoms with Crippen LogP contribution in [0.25, 0.3) is 0 Å². The molecule has 0 saturated carbocycles. The van der Waals surface area contributed by atoms with E-state index in [1.165, 1.54) is 0 Å². The number of esters is 1. The molecule has 0 radical (unpaired) electrons. The zero-order chi connectivity index (χ0) is 16.3. The number of carbonyl (C=O) groups excluding carboxylic acids is 2. The van der Waals surface area contributed by atoms with Crippen LogP contribution in [-0.4, -0.2) is 35.1 Å². The van der Waals surface area contributed by atoms with Crippen LogP contribution >= 0.6 is 0 Å². The first-order valence-corrected chi connectivity index (χ1v) is 7.64. The van der Waals surface area contributed by atoms with Crippen molar-refractivity contribution in [3.63, 3.8) is 0 Å². The summed E-state index contributed by atoms with van der Waals surface area (Å²) in [5, 5.41) is 2.88. The van der Waals surface area contributed by atoms with Crippen LogP contribution in [0.3, 0.4) is 0 Å². The van der Waals surface area contributed by atoms with Crippen molar-refractivity contribution in [3.8, 4) is 0 Å². The molecule has 5 heteroatoms. The molecule has 1 saturated heterocycles. The van der Waals surface area contributed by atoms with Gasteiger partial charge in [0.15, 0.2) is 0 Å². The molecule has 120 valence electrons. The van der Waals surface area contributed by atoms with Crippen LogP contribution < -0.4 is 5.32 Å². The van der Waals surface area contributed by atoms with Crippen LogP contribution in [0.4, 0.5) is 10.5 Å². The fraction of sp³-hybridized carbons (Fsp3) is 0.529. The monoisotopic (exact) mass is 304 g/mol. The number of amides is 2. The highest BCUT2D eigenvalue weighted by atomic mass is 16.6. The smallest absolute Gasteiger partial charge is 0.329 e. The van der Waals surface area contributed by atoms with Crippen molar-refractivity contribution in [2.45, 2.75) is 52.2 Å². The molecule has 1 atom stereocenters. The number of hydrogen-bond donors (Lipinski definition) is 1. The van der Waals surface area contributed by atoms with Gasteiger partial charge in [0, 0.05) is 12.2 Å². The maximum atomic E-state index is 12.5. The lowest BCUT2D eigenvalue weighted by molar-refractivity contribution is -0.159. The van der Waals surface area contributed by atoms with Gasteiger partial charge in [0.05, 0.1) is 0 Å². The third-order valence-corrected chi connectivity index (χ3v) is 3.58. The number of hydrogen-bond acceptors (Lipinski definition) is 3. The Bertz CT molecular complexity index is 563. The molecule has 0 aromatic heterocycles. The molecule has 5 nitrogen and oxygen atoms in total. The summed E-state index contributed by atoms with van der Waals surface area (Å²) in [6.45, 7) is 8.00. The van der Waals surface area contributed by atoms with Gasteiger partial charge in [0.25, 0.3) is 0 Å². The molecule has 0 bridgehead atoms. The first-order valence-electron chi connectivity index (χ1n) is 7.64. The average Bonchev–Trinajstić information content (AvgIpc) is 2.89. The van der Waals surface area contributed by atoms with Gasteiger partial charge in [-0.25, -0.2) is 9.59 Å². The van der Waals surface area contributed by atoms with E-state index in [0.717, 1.165) is 17.7 Å². The minimum absolute atomic E-state index is 0.248. The van der Waals surface area contributed by atoms with E-state index < -0.39 is 11.6 Å². The summed E-state index contributed by atoms with van der Waals surface area (Å²) in [6.07, 6.45) is 1.46. The molecule has 2 amide bonds. The second kappa shape index (κ2) is 6.38. The Morgan fingerprint density at radius 2 is 1.95 bits per heavy atom. The molecule has 1 heterocycles. The molecule has 22 heavy (non-hydrogen) atoms. The number of rotatable bonds is 2. The van der Waals surface area contributed by atoms with Gasteiger partial charge in [0.1, 0.15) is 11.6 Å². The van der Waals surface area contributed by atoms with E-state index >= 15 is 0 Å². The van der Waals surface area contributed by atoms with Gasteiger partial charge in [-0.2, -0.15) is 0 Å². The lowest BCUT2D eigenvalue weighted by Crippen LogP contribution is -2.45. The van der Waals surface area contributed by atoms with E-state index in [1.807, 2.05) is 52.0 Å². The molecule has 0 aliphatic carbocycles. The van der Waals surface area contributed by atoms with Crippen molar-refractivity contribution >= 4 is 17.7 Å². The Labute approximate surface area is 131 Å². The van der Waals surface area contributed by atoms with Gasteiger partial charge < -0.3 is 15.0 Å². The van der Waals surface area contributed by atoms with Crippen molar-refractivity contribution in [2.24, 2.45) is 0 Å². The highest BCUT2D eigenvalue weighted by molar-refractivity contribution is 5.93. The van der Waals surface area contributed by atoms with Gasteiger partial charge in [0.2, 0.25) is 0 Å². The standard InChI is InChI=1S/C17H24N2O3/c1-12-8-5-6-9-13(12)18-16(21)19-11-7-10-14(19)15(20)22-17(2,3)4/h5-6,8-9,14H,7,10-11H2,1-4H3,(H,18,21). The van der Waals surface area contributed by atoms with E-state index in [2.05, 4.69) is 5.32 Å². The quantitative estimate of drug-likeness (QED) is 0.853.